The van der Waals surface area contributed by atoms with E-state index in [1.54, 1.807) is 38.3 Å². The molecule has 10 heteroatoms. The maximum Gasteiger partial charge on any atom is 0.255 e. The van der Waals surface area contributed by atoms with Gasteiger partial charge in [0.25, 0.3) is 11.8 Å². The summed E-state index contributed by atoms with van der Waals surface area (Å²) in [5, 5.41) is 16.5. The number of ether oxygens (including phenoxy) is 2. The van der Waals surface area contributed by atoms with E-state index >= 15 is 0 Å². The zero-order valence-electron chi connectivity index (χ0n) is 28.8. The van der Waals surface area contributed by atoms with Gasteiger partial charge in [-0.25, -0.2) is 0 Å². The molecular weight excluding hydrogens is 598 g/mol. The fourth-order valence-corrected chi connectivity index (χ4v) is 5.76. The second-order valence-corrected chi connectivity index (χ2v) is 12.8. The fourth-order valence-electron chi connectivity index (χ4n) is 5.76. The first-order chi connectivity index (χ1) is 22.2. The Morgan fingerprint density at radius 1 is 1.04 bits per heavy atom. The average Bonchev–Trinajstić information content (AvgIpc) is 3.02. The third-order valence-electron chi connectivity index (χ3n) is 8.36. The number of Topliss-reactive ketones (excluding diaryl/α,β-unsaturated/α-hetero) is 1. The molecule has 1 aromatic rings. The summed E-state index contributed by atoms with van der Waals surface area (Å²) in [4.78, 5) is 55.8. The number of carbonyl (C=O) groups is 4. The molecule has 254 valence electrons. The maximum absolute atomic E-state index is 13.9. The lowest BCUT2D eigenvalue weighted by Gasteiger charge is -2.29. The van der Waals surface area contributed by atoms with Crippen LogP contribution < -0.4 is 10.6 Å². The molecule has 2 aliphatic rings. The van der Waals surface area contributed by atoms with Crippen molar-refractivity contribution in [3.05, 3.63) is 93.9 Å². The minimum Gasteiger partial charge on any atom is -0.390 e. The number of aliphatic hydroxyl groups excluding tert-OH is 1. The number of hydrogen-bond acceptors (Lipinski definition) is 8. The van der Waals surface area contributed by atoms with Crippen molar-refractivity contribution in [2.45, 2.75) is 71.8 Å². The van der Waals surface area contributed by atoms with Gasteiger partial charge in [0.2, 0.25) is 11.6 Å². The average molecular weight is 648 g/mol. The van der Waals surface area contributed by atoms with E-state index in [2.05, 4.69) is 10.6 Å². The molecule has 47 heavy (non-hydrogen) atoms. The van der Waals surface area contributed by atoms with E-state index in [4.69, 9.17) is 9.47 Å². The number of carbonyl (C=O) groups excluding carboxylic acids is 4. The van der Waals surface area contributed by atoms with Crippen LogP contribution in [0, 0.1) is 11.8 Å². The van der Waals surface area contributed by atoms with Crippen LogP contribution >= 0.6 is 0 Å². The summed E-state index contributed by atoms with van der Waals surface area (Å²) in [6, 6.07) is 7.02. The topological polar surface area (TPSA) is 134 Å². The third kappa shape index (κ3) is 10.5. The molecule has 1 aliphatic carbocycles. The van der Waals surface area contributed by atoms with E-state index in [0.29, 0.717) is 30.5 Å². The molecule has 0 fully saturated rings. The van der Waals surface area contributed by atoms with Crippen LogP contribution in [0.2, 0.25) is 0 Å². The number of fused-ring (bicyclic) bond motifs is 2. The normalized spacial score (nSPS) is 28.2. The Morgan fingerprint density at radius 3 is 2.34 bits per heavy atom. The molecule has 3 N–H and O–H groups in total. The third-order valence-corrected chi connectivity index (χ3v) is 8.36. The number of methoxy groups -OCH3 is 2. The fraction of sp³-hybridized carbons (Fsp3) is 0.459. The van der Waals surface area contributed by atoms with Crippen molar-refractivity contribution in [1.29, 1.82) is 0 Å². The van der Waals surface area contributed by atoms with Crippen molar-refractivity contribution in [2.75, 3.05) is 28.3 Å². The summed E-state index contributed by atoms with van der Waals surface area (Å²) < 4.78 is 11.3. The molecule has 5 atom stereocenters. The summed E-state index contributed by atoms with van der Waals surface area (Å²) in [7, 11) is 7.03. The van der Waals surface area contributed by atoms with Gasteiger partial charge in [0, 0.05) is 49.5 Å². The largest absolute Gasteiger partial charge is 0.390 e. The number of rotatable bonds is 6. The lowest BCUT2D eigenvalue weighted by atomic mass is 9.85. The van der Waals surface area contributed by atoms with Crippen LogP contribution in [0.1, 0.15) is 62.9 Å². The molecule has 1 aromatic carbocycles. The molecule has 0 saturated heterocycles. The van der Waals surface area contributed by atoms with Crippen LogP contribution in [0.25, 0.3) is 0 Å². The maximum atomic E-state index is 13.9. The highest BCUT2D eigenvalue weighted by Gasteiger charge is 2.33. The number of nitrogens with one attached hydrogen (secondary N) is 2. The van der Waals surface area contributed by atoms with Crippen molar-refractivity contribution in [1.82, 2.24) is 15.5 Å². The Labute approximate surface area is 278 Å². The highest BCUT2D eigenvalue weighted by molar-refractivity contribution is 6.24. The van der Waals surface area contributed by atoms with Crippen molar-refractivity contribution < 1.29 is 33.8 Å². The van der Waals surface area contributed by atoms with Crippen molar-refractivity contribution in [2.24, 2.45) is 11.8 Å². The van der Waals surface area contributed by atoms with Gasteiger partial charge < -0.3 is 30.1 Å². The smallest absolute Gasteiger partial charge is 0.255 e. The summed E-state index contributed by atoms with van der Waals surface area (Å²) in [5.74, 6) is -2.74. The van der Waals surface area contributed by atoms with E-state index < -0.39 is 35.6 Å². The molecule has 2 bridgehead atoms. The molecule has 0 unspecified atom stereocenters. The number of nitrogens with zero attached hydrogens (tertiary/aromatic N) is 1. The van der Waals surface area contributed by atoms with E-state index in [1.807, 2.05) is 64.1 Å². The quantitative estimate of drug-likeness (QED) is 0.310. The number of ketones is 2. The molecule has 10 nitrogen and oxygen atoms in total. The summed E-state index contributed by atoms with van der Waals surface area (Å²) in [5.41, 5.74) is 2.46. The molecule has 1 heterocycles. The van der Waals surface area contributed by atoms with Gasteiger partial charge in [-0.3, -0.25) is 19.2 Å². The molecular formula is C37H49N3O7. The van der Waals surface area contributed by atoms with Crippen LogP contribution in [0.15, 0.2) is 82.8 Å². The molecule has 1 aliphatic heterocycles. The number of hydrogen-bond donors (Lipinski definition) is 3. The van der Waals surface area contributed by atoms with E-state index in [-0.39, 0.29) is 41.3 Å². The van der Waals surface area contributed by atoms with Crippen molar-refractivity contribution in [3.8, 4) is 0 Å². The molecule has 0 saturated carbocycles. The lowest BCUT2D eigenvalue weighted by molar-refractivity contribution is -0.120. The van der Waals surface area contributed by atoms with E-state index in [1.165, 1.54) is 7.11 Å². The monoisotopic (exact) mass is 647 g/mol. The molecule has 0 spiro atoms. The van der Waals surface area contributed by atoms with Crippen molar-refractivity contribution in [3.63, 3.8) is 0 Å². The zero-order valence-corrected chi connectivity index (χ0v) is 28.8. The van der Waals surface area contributed by atoms with E-state index in [0.717, 1.165) is 17.2 Å². The van der Waals surface area contributed by atoms with Crippen LogP contribution in [0.5, 0.6) is 0 Å². The first-order valence-corrected chi connectivity index (χ1v) is 15.9. The van der Waals surface area contributed by atoms with Crippen molar-refractivity contribution >= 4 is 23.4 Å². The highest BCUT2D eigenvalue weighted by Crippen LogP contribution is 2.28. The van der Waals surface area contributed by atoms with Gasteiger partial charge in [-0.1, -0.05) is 55.9 Å². The number of allylic oxidation sites excluding steroid dienone is 4. The molecule has 3 rings (SSSR count). The van der Waals surface area contributed by atoms with Crippen LogP contribution in [-0.4, -0.2) is 80.0 Å². The number of amides is 2. The Morgan fingerprint density at radius 2 is 1.72 bits per heavy atom. The first kappa shape index (κ1) is 37.5. The Hall–Kier alpha value is -3.96. The number of benzene rings is 1. The Balaban J connectivity index is 2.02. The minimum atomic E-state index is -0.844. The standard InChI is InChI=1S/C37H49N3O7/c1-22-16-25(4)34(42)32(47-8)19-23(2)18-29-33(39-37(45)27-14-12-26(13-15-27)21-40(5)6)31(41)20-30(35(29)43)38-36(44)24(3)10-9-11-28(17-22)46-7/h9-16,20,23,25,28,32,34,42H,17-19,21H2,1-8H3,(H,38,44)(H,39,45)/b11-9-,22-16+,24-10+/t23-,25+,28+,32+,34-/m1/s1. The summed E-state index contributed by atoms with van der Waals surface area (Å²) >= 11 is 0. The second kappa shape index (κ2) is 17.3. The lowest BCUT2D eigenvalue weighted by Crippen LogP contribution is -2.38. The SMILES string of the molecule is CO[C@H]1C[C@H](C)CC2=C(NC(=O)c3ccc(CN(C)C)cc3)C(=O)C=C(NC(=O)/C(C)=C/C=C\[C@H](OC)C/C(C)=C/[C@H](C)[C@H]1O)C2=O. The molecule has 0 aromatic heterocycles. The van der Waals surface area contributed by atoms with Crippen LogP contribution in [0.3, 0.4) is 0 Å². The number of aliphatic hydroxyl groups is 1. The predicted octanol–water partition coefficient (Wildman–Crippen LogP) is 4.18. The van der Waals surface area contributed by atoms with Gasteiger partial charge in [0.1, 0.15) is 0 Å². The predicted molar refractivity (Wildman–Crippen MR) is 181 cm³/mol. The van der Waals surface area contributed by atoms with Gasteiger partial charge in [-0.15, -0.1) is 0 Å². The van der Waals surface area contributed by atoms with Crippen LogP contribution in [-0.2, 0) is 30.4 Å². The van der Waals surface area contributed by atoms with Gasteiger partial charge in [-0.05, 0) is 70.8 Å². The van der Waals surface area contributed by atoms with Gasteiger partial charge in [0.05, 0.1) is 29.7 Å². The van der Waals surface area contributed by atoms with Gasteiger partial charge in [0.15, 0.2) is 0 Å². The summed E-state index contributed by atoms with van der Waals surface area (Å²) in [6.45, 7) is 8.08. The van der Waals surface area contributed by atoms with E-state index in [9.17, 15) is 24.3 Å². The first-order valence-electron chi connectivity index (χ1n) is 15.9. The van der Waals surface area contributed by atoms with Gasteiger partial charge in [-0.2, -0.15) is 0 Å². The second-order valence-electron chi connectivity index (χ2n) is 12.8. The molecule has 0 radical (unpaired) electrons. The molecule has 2 amide bonds. The minimum absolute atomic E-state index is 0.0772. The Bertz CT molecular complexity index is 1480. The summed E-state index contributed by atoms with van der Waals surface area (Å²) in [6.07, 6.45) is 7.55. The zero-order chi connectivity index (χ0) is 34.8. The Kier molecular flexibility index (Phi) is 13.8. The highest BCUT2D eigenvalue weighted by atomic mass is 16.5. The van der Waals surface area contributed by atoms with Gasteiger partial charge >= 0.3 is 0 Å². The van der Waals surface area contributed by atoms with Crippen LogP contribution in [0.4, 0.5) is 0 Å².